The second kappa shape index (κ2) is 3.55. The minimum Gasteiger partial charge on any atom is -0.317 e. The molecular formula is C7H8BrNO2S. The fourth-order valence-corrected chi connectivity index (χ4v) is 2.09. The molecule has 0 saturated heterocycles. The summed E-state index contributed by atoms with van der Waals surface area (Å²) < 4.78 is 23.1. The van der Waals surface area contributed by atoms with Crippen LogP contribution in [-0.2, 0) is 9.84 Å². The van der Waals surface area contributed by atoms with E-state index in [2.05, 4.69) is 15.9 Å². The van der Waals surface area contributed by atoms with Gasteiger partial charge in [0, 0.05) is 4.47 Å². The van der Waals surface area contributed by atoms with Crippen LogP contribution in [0.5, 0.6) is 0 Å². The maximum Gasteiger partial charge on any atom is 0.191 e. The maximum atomic E-state index is 11.2. The molecule has 0 amide bonds. The Hall–Kier alpha value is -0.390. The third-order valence-corrected chi connectivity index (χ3v) is 3.28. The fraction of sp³-hybridized carbons (Fsp3) is 0.143. The Bertz CT molecular complexity index is 375. The van der Waals surface area contributed by atoms with Gasteiger partial charge >= 0.3 is 0 Å². The number of hydrogen-bond donors (Lipinski definition) is 1. The highest BCUT2D eigenvalue weighted by molar-refractivity contribution is 9.10. The lowest BCUT2D eigenvalue weighted by molar-refractivity contribution is 0.596. The average molecular weight is 250 g/mol. The van der Waals surface area contributed by atoms with Crippen molar-refractivity contribution in [3.8, 4) is 0 Å². The molecule has 0 aliphatic heterocycles. The summed E-state index contributed by atoms with van der Waals surface area (Å²) in [5, 5.41) is 0. The first-order valence-electron chi connectivity index (χ1n) is 3.24. The van der Waals surface area contributed by atoms with Crippen molar-refractivity contribution in [2.75, 3.05) is 5.88 Å². The van der Waals surface area contributed by atoms with Gasteiger partial charge in [-0.05, 0) is 18.2 Å². The Morgan fingerprint density at radius 1 is 1.42 bits per heavy atom. The second-order valence-electron chi connectivity index (χ2n) is 2.24. The molecule has 3 nitrogen and oxygen atoms in total. The third kappa shape index (κ3) is 2.06. The molecule has 0 heterocycles. The largest absolute Gasteiger partial charge is 0.317 e. The van der Waals surface area contributed by atoms with Gasteiger partial charge in [-0.1, -0.05) is 22.0 Å². The molecule has 0 aromatic heterocycles. The zero-order chi connectivity index (χ0) is 9.19. The zero-order valence-electron chi connectivity index (χ0n) is 6.20. The molecule has 1 aromatic carbocycles. The van der Waals surface area contributed by atoms with Crippen molar-refractivity contribution >= 4 is 25.8 Å². The van der Waals surface area contributed by atoms with E-state index >= 15 is 0 Å². The van der Waals surface area contributed by atoms with E-state index in [1.807, 2.05) is 0 Å². The number of rotatable bonds is 2. The molecule has 0 atom stereocenters. The van der Waals surface area contributed by atoms with Crippen LogP contribution in [0.25, 0.3) is 0 Å². The molecule has 0 fully saturated rings. The quantitative estimate of drug-likeness (QED) is 0.856. The van der Waals surface area contributed by atoms with Crippen LogP contribution in [0.1, 0.15) is 0 Å². The first-order valence-corrected chi connectivity index (χ1v) is 5.69. The molecule has 0 unspecified atom stereocenters. The van der Waals surface area contributed by atoms with Gasteiger partial charge in [-0.2, -0.15) is 0 Å². The third-order valence-electron chi connectivity index (χ3n) is 1.37. The van der Waals surface area contributed by atoms with Crippen LogP contribution >= 0.6 is 15.9 Å². The van der Waals surface area contributed by atoms with Crippen molar-refractivity contribution in [2.45, 2.75) is 4.90 Å². The van der Waals surface area contributed by atoms with Crippen molar-refractivity contribution < 1.29 is 8.42 Å². The Labute approximate surface area is 79.6 Å². The van der Waals surface area contributed by atoms with E-state index in [0.717, 1.165) is 4.47 Å². The molecular weight excluding hydrogens is 242 g/mol. The monoisotopic (exact) mass is 249 g/mol. The van der Waals surface area contributed by atoms with Gasteiger partial charge in [0.2, 0.25) is 0 Å². The van der Waals surface area contributed by atoms with Gasteiger partial charge in [0.15, 0.2) is 9.84 Å². The molecule has 0 saturated carbocycles. The number of hydrogen-bond acceptors (Lipinski definition) is 3. The van der Waals surface area contributed by atoms with Crippen LogP contribution in [0.4, 0.5) is 0 Å². The average Bonchev–Trinajstić information content (AvgIpc) is 2.05. The Kier molecular flexibility index (Phi) is 2.87. The molecule has 66 valence electrons. The Balaban J connectivity index is 3.21. The predicted molar refractivity (Wildman–Crippen MR) is 50.4 cm³/mol. The molecule has 5 heteroatoms. The summed E-state index contributed by atoms with van der Waals surface area (Å²) in [7, 11) is -3.27. The highest BCUT2D eigenvalue weighted by Crippen LogP contribution is 2.16. The molecule has 1 rings (SSSR count). The lowest BCUT2D eigenvalue weighted by Crippen LogP contribution is -2.14. The number of nitrogens with two attached hydrogens (primary N) is 1. The van der Waals surface area contributed by atoms with Gasteiger partial charge in [0.05, 0.1) is 4.90 Å². The van der Waals surface area contributed by atoms with Gasteiger partial charge < -0.3 is 5.73 Å². The van der Waals surface area contributed by atoms with Crippen LogP contribution in [0, 0.1) is 0 Å². The van der Waals surface area contributed by atoms with E-state index in [-0.39, 0.29) is 10.8 Å². The number of benzene rings is 1. The van der Waals surface area contributed by atoms with Crippen LogP contribution in [-0.4, -0.2) is 14.3 Å². The Morgan fingerprint density at radius 2 is 2.08 bits per heavy atom. The summed E-state index contributed by atoms with van der Waals surface area (Å²) in [5.74, 6) is -0.358. The van der Waals surface area contributed by atoms with Crippen LogP contribution in [0.3, 0.4) is 0 Å². The molecule has 0 spiro atoms. The van der Waals surface area contributed by atoms with Crippen molar-refractivity contribution in [3.63, 3.8) is 0 Å². The van der Waals surface area contributed by atoms with Crippen molar-refractivity contribution in [1.29, 1.82) is 0 Å². The Morgan fingerprint density at radius 3 is 2.58 bits per heavy atom. The van der Waals surface area contributed by atoms with Gasteiger partial charge in [0.25, 0.3) is 0 Å². The molecule has 0 radical (unpaired) electrons. The fourth-order valence-electron chi connectivity index (χ4n) is 0.757. The number of sulfone groups is 1. The molecule has 0 aliphatic carbocycles. The molecule has 12 heavy (non-hydrogen) atoms. The van der Waals surface area contributed by atoms with Gasteiger partial charge in [-0.3, -0.25) is 0 Å². The van der Waals surface area contributed by atoms with E-state index in [4.69, 9.17) is 5.73 Å². The van der Waals surface area contributed by atoms with Crippen LogP contribution < -0.4 is 5.73 Å². The van der Waals surface area contributed by atoms with E-state index in [1.54, 1.807) is 12.1 Å². The van der Waals surface area contributed by atoms with E-state index in [9.17, 15) is 8.42 Å². The van der Waals surface area contributed by atoms with Gasteiger partial charge in [-0.15, -0.1) is 0 Å². The summed E-state index contributed by atoms with van der Waals surface area (Å²) in [6.07, 6.45) is 0. The second-order valence-corrected chi connectivity index (χ2v) is 5.19. The summed E-state index contributed by atoms with van der Waals surface area (Å²) in [5.41, 5.74) is 5.09. The van der Waals surface area contributed by atoms with Crippen LogP contribution in [0.15, 0.2) is 33.6 Å². The summed E-state index contributed by atoms with van der Waals surface area (Å²) in [4.78, 5) is 0.249. The summed E-state index contributed by atoms with van der Waals surface area (Å²) in [6, 6.07) is 6.47. The maximum absolute atomic E-state index is 11.2. The molecule has 1 aromatic rings. The van der Waals surface area contributed by atoms with Crippen molar-refractivity contribution in [2.24, 2.45) is 5.73 Å². The van der Waals surface area contributed by atoms with Gasteiger partial charge in [-0.25, -0.2) is 8.42 Å². The summed E-state index contributed by atoms with van der Waals surface area (Å²) in [6.45, 7) is 0. The number of halogens is 1. The normalized spacial score (nSPS) is 11.5. The molecule has 0 aliphatic rings. The smallest absolute Gasteiger partial charge is 0.191 e. The minimum absolute atomic E-state index is 0.249. The highest BCUT2D eigenvalue weighted by Gasteiger charge is 2.10. The van der Waals surface area contributed by atoms with Crippen molar-refractivity contribution in [1.82, 2.24) is 0 Å². The zero-order valence-corrected chi connectivity index (χ0v) is 8.60. The van der Waals surface area contributed by atoms with Crippen LogP contribution in [0.2, 0.25) is 0 Å². The SMILES string of the molecule is NCS(=O)(=O)c1cccc(Br)c1. The van der Waals surface area contributed by atoms with Gasteiger partial charge in [0.1, 0.15) is 5.88 Å². The predicted octanol–water partition coefficient (Wildman–Crippen LogP) is 1.14. The first-order chi connectivity index (χ1) is 5.56. The molecule has 2 N–H and O–H groups in total. The van der Waals surface area contributed by atoms with E-state index in [1.165, 1.54) is 12.1 Å². The lowest BCUT2D eigenvalue weighted by Gasteiger charge is -2.00. The van der Waals surface area contributed by atoms with E-state index in [0.29, 0.717) is 0 Å². The highest BCUT2D eigenvalue weighted by atomic mass is 79.9. The van der Waals surface area contributed by atoms with Crippen molar-refractivity contribution in [3.05, 3.63) is 28.7 Å². The minimum atomic E-state index is -3.27. The summed E-state index contributed by atoms with van der Waals surface area (Å²) >= 11 is 3.18. The topological polar surface area (TPSA) is 60.2 Å². The first kappa shape index (κ1) is 9.70. The lowest BCUT2D eigenvalue weighted by atomic mass is 10.4. The van der Waals surface area contributed by atoms with E-state index < -0.39 is 9.84 Å². The molecule has 0 bridgehead atoms. The standard InChI is InChI=1S/C7H8BrNO2S/c8-6-2-1-3-7(4-6)12(10,11)5-9/h1-4H,5,9H2.